The Kier molecular flexibility index (Phi) is 44.1. The van der Waals surface area contributed by atoms with Crippen LogP contribution in [0.4, 0.5) is 0 Å². The first kappa shape index (κ1) is 70.5. The highest BCUT2D eigenvalue weighted by Gasteiger charge is 2.51. The van der Waals surface area contributed by atoms with E-state index in [9.17, 15) is 45.6 Å². The van der Waals surface area contributed by atoms with E-state index in [4.69, 9.17) is 18.9 Å². The van der Waals surface area contributed by atoms with Gasteiger partial charge in [-0.2, -0.15) is 0 Å². The number of unbranched alkanes of at least 4 members (excludes halogenated alkanes) is 25. The van der Waals surface area contributed by atoms with Gasteiger partial charge in [0.15, 0.2) is 12.6 Å². The summed E-state index contributed by atoms with van der Waals surface area (Å²) in [6.45, 7) is 2.61. The van der Waals surface area contributed by atoms with Crippen molar-refractivity contribution in [2.45, 2.75) is 299 Å². The summed E-state index contributed by atoms with van der Waals surface area (Å²) in [4.78, 5) is 13.2. The summed E-state index contributed by atoms with van der Waals surface area (Å²) in [6, 6.07) is -0.973. The minimum Gasteiger partial charge on any atom is -0.394 e. The van der Waals surface area contributed by atoms with E-state index in [-0.39, 0.29) is 18.9 Å². The molecule has 0 radical (unpaired) electrons. The molecule has 2 rings (SSSR count). The van der Waals surface area contributed by atoms with Crippen molar-refractivity contribution in [3.05, 3.63) is 72.9 Å². The van der Waals surface area contributed by atoms with Crippen LogP contribution in [0.3, 0.4) is 0 Å². The van der Waals surface area contributed by atoms with E-state index in [1.807, 2.05) is 18.2 Å². The van der Waals surface area contributed by atoms with Gasteiger partial charge >= 0.3 is 0 Å². The van der Waals surface area contributed by atoms with Crippen molar-refractivity contribution in [2.75, 3.05) is 19.8 Å². The summed E-state index contributed by atoms with van der Waals surface area (Å²) in [5.74, 6) is -0.330. The fourth-order valence-electron chi connectivity index (χ4n) is 9.73. The SMILES string of the molecule is CC/C=C\C/C=C\C/C=C\C/C=C\CCC(=O)NC(COC1OC(CO)C(OC2OC(CO)C(O)C(O)C2O)C(O)C1O)C(O)/C=C/CC/C=C/CCCCCCCCCCCCCCCCCCCCCCCCCC. The number of ether oxygens (including phenoxy) is 4. The summed E-state index contributed by atoms with van der Waals surface area (Å²) in [6.07, 6.45) is 47.1. The molecule has 14 nitrogen and oxygen atoms in total. The molecule has 2 aliphatic rings. The number of nitrogens with one attached hydrogen (secondary N) is 1. The Balaban J connectivity index is 1.72. The fraction of sp³-hybridized carbons (Fsp3) is 0.794. The summed E-state index contributed by atoms with van der Waals surface area (Å²) in [5.41, 5.74) is 0. The van der Waals surface area contributed by atoms with E-state index in [0.717, 1.165) is 38.5 Å². The second-order valence-electron chi connectivity index (χ2n) is 21.4. The molecule has 2 aliphatic heterocycles. The van der Waals surface area contributed by atoms with Crippen LogP contribution in [0.15, 0.2) is 72.9 Å². The second kappa shape index (κ2) is 48.2. The Morgan fingerprint density at radius 3 is 1.42 bits per heavy atom. The normalized spacial score (nSPS) is 25.2. The molecule has 14 heteroatoms. The zero-order valence-electron chi connectivity index (χ0n) is 47.9. The van der Waals surface area contributed by atoms with E-state index in [2.05, 4.69) is 67.8 Å². The predicted octanol–water partition coefficient (Wildman–Crippen LogP) is 10.7. The number of allylic oxidation sites excluding steroid dienone is 11. The molecule has 0 bridgehead atoms. The van der Waals surface area contributed by atoms with Crippen molar-refractivity contribution in [2.24, 2.45) is 0 Å². The molecule has 12 atom stereocenters. The Morgan fingerprint density at radius 1 is 0.481 bits per heavy atom. The van der Waals surface area contributed by atoms with Gasteiger partial charge in [0.2, 0.25) is 5.91 Å². The van der Waals surface area contributed by atoms with Crippen molar-refractivity contribution < 1.29 is 64.6 Å². The number of aliphatic hydroxyl groups is 8. The Labute approximate surface area is 466 Å². The number of carbonyl (C=O) groups excluding carboxylic acids is 1. The molecule has 77 heavy (non-hydrogen) atoms. The second-order valence-corrected chi connectivity index (χ2v) is 21.4. The zero-order valence-corrected chi connectivity index (χ0v) is 47.9. The summed E-state index contributed by atoms with van der Waals surface area (Å²) in [5, 5.41) is 86.9. The van der Waals surface area contributed by atoms with E-state index < -0.39 is 86.8 Å². The molecule has 1 amide bonds. The van der Waals surface area contributed by atoms with Gasteiger partial charge in [0, 0.05) is 6.42 Å². The maximum absolute atomic E-state index is 13.2. The highest BCUT2D eigenvalue weighted by Crippen LogP contribution is 2.30. The van der Waals surface area contributed by atoms with Crippen molar-refractivity contribution in [3.8, 4) is 0 Å². The lowest BCUT2D eigenvalue weighted by Crippen LogP contribution is -2.65. The molecule has 446 valence electrons. The molecule has 2 fully saturated rings. The van der Waals surface area contributed by atoms with E-state index in [1.165, 1.54) is 154 Å². The molecule has 0 saturated carbocycles. The van der Waals surface area contributed by atoms with Crippen LogP contribution in [0.1, 0.15) is 226 Å². The van der Waals surface area contributed by atoms with Crippen LogP contribution < -0.4 is 5.32 Å². The number of hydrogen-bond acceptors (Lipinski definition) is 13. The maximum Gasteiger partial charge on any atom is 0.220 e. The average Bonchev–Trinajstić information content (AvgIpc) is 3.44. The lowest BCUT2D eigenvalue weighted by atomic mass is 9.97. The van der Waals surface area contributed by atoms with Crippen LogP contribution in [-0.2, 0) is 23.7 Å². The van der Waals surface area contributed by atoms with Crippen LogP contribution in [-0.4, -0.2) is 140 Å². The standard InChI is InChI=1S/C63H111NO13/c1-3-5-7-9-11-13-15-17-18-19-20-21-22-23-24-25-26-27-28-29-30-31-32-33-35-36-38-40-42-44-46-52(67)51(64-55(68)47-45-43-41-39-37-34-16-14-12-10-8-6-4-2)50-74-62-60(73)58(71)61(54(49-66)76-62)77-63-59(72)57(70)56(69)53(48-65)75-63/h6,8,12,14,34,36-38,41,43-44,46,51-54,56-63,65-67,69-73H,3-5,7,9-11,13,15-33,35,39-40,42,45,47-50H2,1-2H3,(H,64,68)/b8-6-,14-12-,37-34-,38-36+,43-41-,46-44+. The maximum atomic E-state index is 13.2. The van der Waals surface area contributed by atoms with Gasteiger partial charge in [-0.05, 0) is 57.8 Å². The van der Waals surface area contributed by atoms with Crippen molar-refractivity contribution in [1.29, 1.82) is 0 Å². The summed E-state index contributed by atoms with van der Waals surface area (Å²) >= 11 is 0. The third-order valence-corrected chi connectivity index (χ3v) is 14.6. The molecule has 0 aromatic heterocycles. The highest BCUT2D eigenvalue weighted by molar-refractivity contribution is 5.76. The van der Waals surface area contributed by atoms with Gasteiger partial charge in [-0.15, -0.1) is 0 Å². The van der Waals surface area contributed by atoms with Gasteiger partial charge in [-0.1, -0.05) is 234 Å². The largest absolute Gasteiger partial charge is 0.394 e. The van der Waals surface area contributed by atoms with E-state index in [1.54, 1.807) is 6.08 Å². The molecule has 9 N–H and O–H groups in total. The minimum atomic E-state index is -1.80. The van der Waals surface area contributed by atoms with Crippen LogP contribution in [0, 0.1) is 0 Å². The van der Waals surface area contributed by atoms with Crippen molar-refractivity contribution in [3.63, 3.8) is 0 Å². The number of aliphatic hydroxyl groups excluding tert-OH is 8. The van der Waals surface area contributed by atoms with Crippen LogP contribution >= 0.6 is 0 Å². The van der Waals surface area contributed by atoms with Gasteiger partial charge in [0.05, 0.1) is 32.0 Å². The monoisotopic (exact) mass is 1090 g/mol. The molecule has 0 aromatic carbocycles. The van der Waals surface area contributed by atoms with E-state index >= 15 is 0 Å². The number of carbonyl (C=O) groups is 1. The third kappa shape index (κ3) is 33.7. The number of amides is 1. The zero-order chi connectivity index (χ0) is 56.0. The molecule has 2 saturated heterocycles. The van der Waals surface area contributed by atoms with Crippen LogP contribution in [0.2, 0.25) is 0 Å². The number of rotatable bonds is 48. The van der Waals surface area contributed by atoms with Gasteiger partial charge in [-0.25, -0.2) is 0 Å². The Morgan fingerprint density at radius 2 is 0.909 bits per heavy atom. The molecule has 0 aromatic rings. The van der Waals surface area contributed by atoms with Gasteiger partial charge in [-0.3, -0.25) is 4.79 Å². The first-order chi connectivity index (χ1) is 37.6. The third-order valence-electron chi connectivity index (χ3n) is 14.6. The predicted molar refractivity (Wildman–Crippen MR) is 309 cm³/mol. The molecular formula is C63H111NO13. The van der Waals surface area contributed by atoms with Gasteiger partial charge in [0.25, 0.3) is 0 Å². The quantitative estimate of drug-likeness (QED) is 0.0204. The number of hydrogen-bond donors (Lipinski definition) is 9. The lowest BCUT2D eigenvalue weighted by Gasteiger charge is -2.46. The molecule has 0 aliphatic carbocycles. The average molecular weight is 1090 g/mol. The Bertz CT molecular complexity index is 1570. The van der Waals surface area contributed by atoms with Gasteiger partial charge < -0.3 is 65.1 Å². The first-order valence-corrected chi connectivity index (χ1v) is 30.7. The van der Waals surface area contributed by atoms with Crippen molar-refractivity contribution in [1.82, 2.24) is 5.32 Å². The molecular weight excluding hydrogens is 979 g/mol. The van der Waals surface area contributed by atoms with Crippen LogP contribution in [0.25, 0.3) is 0 Å². The van der Waals surface area contributed by atoms with Crippen molar-refractivity contribution >= 4 is 5.91 Å². The molecule has 0 spiro atoms. The topological polar surface area (TPSA) is 228 Å². The molecule has 2 heterocycles. The summed E-state index contributed by atoms with van der Waals surface area (Å²) in [7, 11) is 0. The van der Waals surface area contributed by atoms with Gasteiger partial charge in [0.1, 0.15) is 48.8 Å². The Hall–Kier alpha value is -2.57. The minimum absolute atomic E-state index is 0.149. The van der Waals surface area contributed by atoms with Crippen LogP contribution in [0.5, 0.6) is 0 Å². The fourth-order valence-corrected chi connectivity index (χ4v) is 9.73. The summed E-state index contributed by atoms with van der Waals surface area (Å²) < 4.78 is 22.7. The highest BCUT2D eigenvalue weighted by atomic mass is 16.7. The smallest absolute Gasteiger partial charge is 0.220 e. The van der Waals surface area contributed by atoms with E-state index in [0.29, 0.717) is 12.8 Å². The molecule has 12 unspecified atom stereocenters. The first-order valence-electron chi connectivity index (χ1n) is 30.7. The lowest BCUT2D eigenvalue weighted by molar-refractivity contribution is -0.359.